The van der Waals surface area contributed by atoms with Crippen molar-refractivity contribution in [3.05, 3.63) is 60.5 Å². The van der Waals surface area contributed by atoms with E-state index in [-0.39, 0.29) is 11.9 Å². The summed E-state index contributed by atoms with van der Waals surface area (Å²) in [5.74, 6) is 0.795. The normalized spacial score (nSPS) is 13.4. The number of carbonyl (C=O) groups is 1. The molecule has 0 fully saturated rings. The maximum atomic E-state index is 13.5. The Morgan fingerprint density at radius 1 is 1.12 bits per heavy atom. The minimum atomic E-state index is -1.18. The van der Waals surface area contributed by atoms with Crippen molar-refractivity contribution in [2.24, 2.45) is 0 Å². The van der Waals surface area contributed by atoms with Crippen LogP contribution in [0, 0.1) is 0 Å². The number of hydrogen-bond donors (Lipinski definition) is 3. The summed E-state index contributed by atoms with van der Waals surface area (Å²) in [6, 6.07) is 13.0. The van der Waals surface area contributed by atoms with Crippen LogP contribution in [0.3, 0.4) is 0 Å². The van der Waals surface area contributed by atoms with Crippen molar-refractivity contribution in [1.29, 1.82) is 0 Å². The SMILES string of the molecule is CNCCNC(=O)C(C)(c1ccccc1)n1ncc2c1nc(N)n1nc(-c3ccco3)nc21. The van der Waals surface area contributed by atoms with Gasteiger partial charge >= 0.3 is 0 Å². The van der Waals surface area contributed by atoms with Gasteiger partial charge in [-0.2, -0.15) is 14.6 Å². The number of likely N-dealkylation sites (N-methyl/N-ethyl adjacent to an activating group) is 1. The van der Waals surface area contributed by atoms with Gasteiger partial charge in [0, 0.05) is 13.1 Å². The van der Waals surface area contributed by atoms with E-state index in [1.807, 2.05) is 44.3 Å². The number of benzene rings is 1. The summed E-state index contributed by atoms with van der Waals surface area (Å²) >= 11 is 0. The highest BCUT2D eigenvalue weighted by Crippen LogP contribution is 2.31. The first-order valence-electron chi connectivity index (χ1n) is 10.5. The van der Waals surface area contributed by atoms with Crippen molar-refractivity contribution in [2.45, 2.75) is 12.5 Å². The highest BCUT2D eigenvalue weighted by atomic mass is 16.3. The zero-order valence-corrected chi connectivity index (χ0v) is 18.2. The number of nitrogens with zero attached hydrogens (tertiary/aromatic N) is 6. The van der Waals surface area contributed by atoms with Crippen LogP contribution in [0.5, 0.6) is 0 Å². The van der Waals surface area contributed by atoms with E-state index in [9.17, 15) is 4.79 Å². The maximum absolute atomic E-state index is 13.5. The first-order chi connectivity index (χ1) is 16.0. The molecule has 0 bridgehead atoms. The number of furan rings is 1. The van der Waals surface area contributed by atoms with Crippen LogP contribution in [0.1, 0.15) is 12.5 Å². The van der Waals surface area contributed by atoms with Crippen LogP contribution in [0.25, 0.3) is 28.3 Å². The molecule has 11 nitrogen and oxygen atoms in total. The fraction of sp³-hybridized carbons (Fsp3) is 0.227. The lowest BCUT2D eigenvalue weighted by Gasteiger charge is -2.30. The van der Waals surface area contributed by atoms with E-state index in [1.165, 1.54) is 4.52 Å². The molecular formula is C22H23N9O2. The molecule has 0 spiro atoms. The van der Waals surface area contributed by atoms with Gasteiger partial charge in [-0.05, 0) is 31.7 Å². The molecule has 11 heteroatoms. The van der Waals surface area contributed by atoms with E-state index in [0.29, 0.717) is 41.4 Å². The molecule has 5 aromatic rings. The van der Waals surface area contributed by atoms with Crippen molar-refractivity contribution in [1.82, 2.24) is 40.0 Å². The predicted octanol–water partition coefficient (Wildman–Crippen LogP) is 1.42. The predicted molar refractivity (Wildman–Crippen MR) is 122 cm³/mol. The molecule has 5 rings (SSSR count). The van der Waals surface area contributed by atoms with E-state index in [1.54, 1.807) is 29.3 Å². The molecule has 4 N–H and O–H groups in total. The number of anilines is 1. The van der Waals surface area contributed by atoms with Gasteiger partial charge in [0.1, 0.15) is 0 Å². The number of amides is 1. The molecule has 0 saturated carbocycles. The van der Waals surface area contributed by atoms with Gasteiger partial charge in [0.15, 0.2) is 22.6 Å². The largest absolute Gasteiger partial charge is 0.461 e. The lowest BCUT2D eigenvalue weighted by Crippen LogP contribution is -2.49. The van der Waals surface area contributed by atoms with Crippen molar-refractivity contribution < 1.29 is 9.21 Å². The van der Waals surface area contributed by atoms with Crippen LogP contribution in [0.2, 0.25) is 0 Å². The first kappa shape index (κ1) is 20.6. The van der Waals surface area contributed by atoms with Gasteiger partial charge in [-0.3, -0.25) is 4.79 Å². The fourth-order valence-corrected chi connectivity index (χ4v) is 3.83. The summed E-state index contributed by atoms with van der Waals surface area (Å²) in [5.41, 5.74) is 6.72. The number of nitrogens with one attached hydrogen (secondary N) is 2. The summed E-state index contributed by atoms with van der Waals surface area (Å²) in [7, 11) is 1.83. The van der Waals surface area contributed by atoms with E-state index in [0.717, 1.165) is 5.56 Å². The molecule has 4 aromatic heterocycles. The van der Waals surface area contributed by atoms with Crippen molar-refractivity contribution in [3.63, 3.8) is 0 Å². The molecule has 1 unspecified atom stereocenters. The second-order valence-corrected chi connectivity index (χ2v) is 7.71. The van der Waals surface area contributed by atoms with Gasteiger partial charge in [0.2, 0.25) is 11.8 Å². The number of aromatic nitrogens is 6. The number of nitrogens with two attached hydrogens (primary N) is 1. The number of hydrogen-bond acceptors (Lipinski definition) is 8. The van der Waals surface area contributed by atoms with Crippen LogP contribution < -0.4 is 16.4 Å². The molecular weight excluding hydrogens is 422 g/mol. The third-order valence-corrected chi connectivity index (χ3v) is 5.63. The molecule has 4 heterocycles. The first-order valence-corrected chi connectivity index (χ1v) is 10.5. The minimum Gasteiger partial charge on any atom is -0.461 e. The van der Waals surface area contributed by atoms with Gasteiger partial charge in [-0.25, -0.2) is 9.67 Å². The molecule has 0 radical (unpaired) electrons. The zero-order valence-electron chi connectivity index (χ0n) is 18.2. The van der Waals surface area contributed by atoms with E-state index in [2.05, 4.69) is 30.8 Å². The summed E-state index contributed by atoms with van der Waals surface area (Å²) in [5, 5.41) is 15.6. The standard InChI is InChI=1S/C22H23N9O2/c1-22(14-7-4-3-5-8-14,20(32)25-11-10-24-2)31-19-15(13-26-31)18-27-17(16-9-6-12-33-16)29-30(18)21(23)28-19/h3-9,12-13,24H,10-11H2,1-2H3,(H2,23,28)(H,25,32). The minimum absolute atomic E-state index is 0.121. The highest BCUT2D eigenvalue weighted by molar-refractivity contribution is 5.94. The summed E-state index contributed by atoms with van der Waals surface area (Å²) in [6.45, 7) is 2.91. The lowest BCUT2D eigenvalue weighted by atomic mass is 9.91. The third kappa shape index (κ3) is 3.29. The van der Waals surface area contributed by atoms with Gasteiger partial charge < -0.3 is 20.8 Å². The maximum Gasteiger partial charge on any atom is 0.252 e. The summed E-state index contributed by atoms with van der Waals surface area (Å²) in [6.07, 6.45) is 3.17. The number of rotatable bonds is 7. The monoisotopic (exact) mass is 445 g/mol. The molecule has 0 saturated heterocycles. The van der Waals surface area contributed by atoms with Crippen LogP contribution in [-0.4, -0.2) is 55.4 Å². The average molecular weight is 445 g/mol. The Hall–Kier alpha value is -4.25. The van der Waals surface area contributed by atoms with Crippen molar-refractivity contribution in [3.8, 4) is 11.6 Å². The Kier molecular flexibility index (Phi) is 5.02. The molecule has 0 aliphatic heterocycles. The van der Waals surface area contributed by atoms with Gasteiger partial charge in [-0.1, -0.05) is 30.3 Å². The molecule has 1 amide bonds. The highest BCUT2D eigenvalue weighted by Gasteiger charge is 2.40. The molecule has 1 atom stereocenters. The lowest BCUT2D eigenvalue weighted by molar-refractivity contribution is -0.127. The van der Waals surface area contributed by atoms with Crippen molar-refractivity contribution >= 4 is 28.5 Å². The van der Waals surface area contributed by atoms with Crippen LogP contribution >= 0.6 is 0 Å². The van der Waals surface area contributed by atoms with Gasteiger partial charge in [-0.15, -0.1) is 5.10 Å². The topological polar surface area (TPSA) is 141 Å². The summed E-state index contributed by atoms with van der Waals surface area (Å²) < 4.78 is 8.45. The zero-order chi connectivity index (χ0) is 23.0. The molecule has 0 aliphatic carbocycles. The Balaban J connectivity index is 1.70. The molecule has 33 heavy (non-hydrogen) atoms. The number of carbonyl (C=O) groups excluding carboxylic acids is 1. The van der Waals surface area contributed by atoms with E-state index < -0.39 is 5.54 Å². The Morgan fingerprint density at radius 3 is 2.67 bits per heavy atom. The summed E-state index contributed by atoms with van der Waals surface area (Å²) in [4.78, 5) is 22.6. The van der Waals surface area contributed by atoms with E-state index >= 15 is 0 Å². The molecule has 0 aliphatic rings. The van der Waals surface area contributed by atoms with Crippen LogP contribution in [-0.2, 0) is 10.3 Å². The van der Waals surface area contributed by atoms with E-state index in [4.69, 9.17) is 10.2 Å². The second kappa shape index (κ2) is 8.02. The number of nitrogen functional groups attached to an aromatic ring is 1. The second-order valence-electron chi connectivity index (χ2n) is 7.71. The Bertz CT molecular complexity index is 1420. The Morgan fingerprint density at radius 2 is 1.94 bits per heavy atom. The number of fused-ring (bicyclic) bond motifs is 3. The average Bonchev–Trinajstić information content (AvgIpc) is 3.58. The van der Waals surface area contributed by atoms with Crippen LogP contribution in [0.4, 0.5) is 5.95 Å². The third-order valence-electron chi connectivity index (χ3n) is 5.63. The van der Waals surface area contributed by atoms with Crippen molar-refractivity contribution in [2.75, 3.05) is 25.9 Å². The van der Waals surface area contributed by atoms with Gasteiger partial charge in [0.25, 0.3) is 5.91 Å². The Labute approximate surface area is 188 Å². The quantitative estimate of drug-likeness (QED) is 0.319. The van der Waals surface area contributed by atoms with Crippen LogP contribution in [0.15, 0.2) is 59.3 Å². The fourth-order valence-electron chi connectivity index (χ4n) is 3.83. The molecule has 168 valence electrons. The van der Waals surface area contributed by atoms with Gasteiger partial charge in [0.05, 0.1) is 17.8 Å². The molecule has 1 aromatic carbocycles. The smallest absolute Gasteiger partial charge is 0.252 e.